The number of hydrogen-bond donors (Lipinski definition) is 0. The van der Waals surface area contributed by atoms with Crippen molar-refractivity contribution in [3.05, 3.63) is 53.1 Å². The summed E-state index contributed by atoms with van der Waals surface area (Å²) in [5.41, 5.74) is 3.79. The summed E-state index contributed by atoms with van der Waals surface area (Å²) in [5.74, 6) is 0.269. The van der Waals surface area contributed by atoms with Crippen molar-refractivity contribution < 1.29 is 4.74 Å². The van der Waals surface area contributed by atoms with Gasteiger partial charge in [-0.15, -0.1) is 0 Å². The summed E-state index contributed by atoms with van der Waals surface area (Å²) in [6, 6.07) is 7.98. The first-order valence-corrected chi connectivity index (χ1v) is 5.98. The van der Waals surface area contributed by atoms with Crippen LogP contribution in [-0.2, 0) is 0 Å². The van der Waals surface area contributed by atoms with Gasteiger partial charge in [-0.3, -0.25) is 0 Å². The van der Waals surface area contributed by atoms with E-state index in [1.165, 1.54) is 6.33 Å². The Morgan fingerprint density at radius 3 is 2.58 bits per heavy atom. The van der Waals surface area contributed by atoms with E-state index in [9.17, 15) is 5.26 Å². The average Bonchev–Trinajstić information content (AvgIpc) is 2.44. The summed E-state index contributed by atoms with van der Waals surface area (Å²) in [6.45, 7) is 4.04. The highest BCUT2D eigenvalue weighted by molar-refractivity contribution is 5.48. The molecule has 0 spiro atoms. The molecule has 0 fully saturated rings. The van der Waals surface area contributed by atoms with Crippen molar-refractivity contribution in [2.45, 2.75) is 19.8 Å². The molecule has 0 N–H and O–H groups in total. The second-order valence-corrected chi connectivity index (χ2v) is 4.37. The van der Waals surface area contributed by atoms with Crippen LogP contribution in [0, 0.1) is 25.2 Å². The van der Waals surface area contributed by atoms with E-state index in [1.54, 1.807) is 19.4 Å². The van der Waals surface area contributed by atoms with E-state index in [4.69, 9.17) is 4.74 Å². The molecule has 2 aromatic rings. The zero-order valence-corrected chi connectivity index (χ0v) is 11.2. The fourth-order valence-corrected chi connectivity index (χ4v) is 1.98. The Kier molecular flexibility index (Phi) is 3.76. The Labute approximate surface area is 112 Å². The molecule has 96 valence electrons. The third-order valence-electron chi connectivity index (χ3n) is 3.19. The summed E-state index contributed by atoms with van der Waals surface area (Å²) in [6.07, 6.45) is 3.09. The molecule has 4 nitrogen and oxygen atoms in total. The van der Waals surface area contributed by atoms with Crippen LogP contribution in [0.5, 0.6) is 5.75 Å². The molecule has 1 atom stereocenters. The van der Waals surface area contributed by atoms with Gasteiger partial charge in [0.15, 0.2) is 0 Å². The summed E-state index contributed by atoms with van der Waals surface area (Å²) in [5, 5.41) is 9.45. The lowest BCUT2D eigenvalue weighted by Gasteiger charge is -2.15. The molecule has 0 saturated carbocycles. The second-order valence-electron chi connectivity index (χ2n) is 4.37. The van der Waals surface area contributed by atoms with E-state index in [-0.39, 0.29) is 0 Å². The van der Waals surface area contributed by atoms with Crippen LogP contribution in [0.2, 0.25) is 0 Å². The van der Waals surface area contributed by atoms with Crippen molar-refractivity contribution >= 4 is 0 Å². The van der Waals surface area contributed by atoms with Gasteiger partial charge in [0.1, 0.15) is 18.0 Å². The second kappa shape index (κ2) is 5.49. The summed E-state index contributed by atoms with van der Waals surface area (Å²) < 4.78 is 5.39. The molecule has 2 rings (SSSR count). The highest BCUT2D eigenvalue weighted by Gasteiger charge is 2.20. The summed E-state index contributed by atoms with van der Waals surface area (Å²) in [7, 11) is 1.61. The number of ether oxygens (including phenoxy) is 1. The lowest BCUT2D eigenvalue weighted by atomic mass is 9.93. The fourth-order valence-electron chi connectivity index (χ4n) is 1.98. The van der Waals surface area contributed by atoms with Crippen LogP contribution < -0.4 is 4.74 Å². The largest absolute Gasteiger partial charge is 0.496 e. The highest BCUT2D eigenvalue weighted by Crippen LogP contribution is 2.32. The number of nitrogens with zero attached hydrogens (tertiary/aromatic N) is 3. The van der Waals surface area contributed by atoms with Crippen LogP contribution in [0.4, 0.5) is 0 Å². The van der Waals surface area contributed by atoms with Crippen LogP contribution in [0.3, 0.4) is 0 Å². The zero-order valence-electron chi connectivity index (χ0n) is 11.2. The molecule has 1 heterocycles. The standard InChI is InChI=1S/C15H15N3O/c1-10-6-12(15(19-3)7-11(10)2)13(8-16)14-4-5-17-9-18-14/h4-7,9,13H,1-3H3. The summed E-state index contributed by atoms with van der Waals surface area (Å²) >= 11 is 0. The van der Waals surface area contributed by atoms with Gasteiger partial charge < -0.3 is 4.74 Å². The first-order valence-electron chi connectivity index (χ1n) is 5.98. The molecule has 4 heteroatoms. The number of rotatable bonds is 3. The number of nitriles is 1. The molecule has 1 unspecified atom stereocenters. The minimum absolute atomic E-state index is 0.447. The van der Waals surface area contributed by atoms with Gasteiger partial charge in [0.25, 0.3) is 0 Å². The number of aromatic nitrogens is 2. The molecule has 0 amide bonds. The maximum absolute atomic E-state index is 9.45. The van der Waals surface area contributed by atoms with Gasteiger partial charge in [-0.1, -0.05) is 6.07 Å². The quantitative estimate of drug-likeness (QED) is 0.844. The van der Waals surface area contributed by atoms with Gasteiger partial charge in [0.2, 0.25) is 0 Å². The predicted octanol–water partition coefficient (Wildman–Crippen LogP) is 2.76. The van der Waals surface area contributed by atoms with Crippen LogP contribution in [0.25, 0.3) is 0 Å². The van der Waals surface area contributed by atoms with E-state index < -0.39 is 5.92 Å². The van der Waals surface area contributed by atoms with Crippen LogP contribution >= 0.6 is 0 Å². The Hall–Kier alpha value is -2.41. The van der Waals surface area contributed by atoms with E-state index in [2.05, 4.69) is 16.0 Å². The topological polar surface area (TPSA) is 58.8 Å². The molecule has 0 radical (unpaired) electrons. The molecule has 0 aliphatic heterocycles. The average molecular weight is 253 g/mol. The van der Waals surface area contributed by atoms with E-state index in [0.717, 1.165) is 16.7 Å². The van der Waals surface area contributed by atoms with Crippen molar-refractivity contribution in [1.29, 1.82) is 5.26 Å². The Bertz CT molecular complexity index is 617. The molecule has 0 aliphatic carbocycles. The Morgan fingerprint density at radius 1 is 1.26 bits per heavy atom. The van der Waals surface area contributed by atoms with Gasteiger partial charge in [-0.25, -0.2) is 9.97 Å². The van der Waals surface area contributed by atoms with Crippen molar-refractivity contribution in [3.8, 4) is 11.8 Å². The fraction of sp³-hybridized carbons (Fsp3) is 0.267. The molecular weight excluding hydrogens is 238 g/mol. The van der Waals surface area contributed by atoms with Crippen molar-refractivity contribution in [2.75, 3.05) is 7.11 Å². The first kappa shape index (κ1) is 13.0. The van der Waals surface area contributed by atoms with E-state index in [1.807, 2.05) is 26.0 Å². The summed E-state index contributed by atoms with van der Waals surface area (Å²) in [4.78, 5) is 8.04. The number of methoxy groups -OCH3 is 1. The van der Waals surface area contributed by atoms with Crippen molar-refractivity contribution in [1.82, 2.24) is 9.97 Å². The minimum Gasteiger partial charge on any atom is -0.496 e. The molecule has 19 heavy (non-hydrogen) atoms. The van der Waals surface area contributed by atoms with Crippen LogP contribution in [0.1, 0.15) is 28.3 Å². The van der Waals surface area contributed by atoms with Gasteiger partial charge >= 0.3 is 0 Å². The maximum Gasteiger partial charge on any atom is 0.124 e. The van der Waals surface area contributed by atoms with Gasteiger partial charge in [-0.05, 0) is 37.1 Å². The first-order chi connectivity index (χ1) is 9.17. The number of hydrogen-bond acceptors (Lipinski definition) is 4. The molecule has 1 aromatic carbocycles. The molecule has 1 aromatic heterocycles. The normalized spacial score (nSPS) is 11.7. The van der Waals surface area contributed by atoms with E-state index in [0.29, 0.717) is 11.4 Å². The third kappa shape index (κ3) is 2.55. The molecular formula is C15H15N3O. The predicted molar refractivity (Wildman–Crippen MR) is 72.0 cm³/mol. The van der Waals surface area contributed by atoms with Crippen molar-refractivity contribution in [2.24, 2.45) is 0 Å². The van der Waals surface area contributed by atoms with Gasteiger partial charge in [0, 0.05) is 11.8 Å². The maximum atomic E-state index is 9.45. The van der Waals surface area contributed by atoms with Crippen molar-refractivity contribution in [3.63, 3.8) is 0 Å². The molecule has 0 saturated heterocycles. The smallest absolute Gasteiger partial charge is 0.124 e. The monoisotopic (exact) mass is 253 g/mol. The zero-order chi connectivity index (χ0) is 13.8. The third-order valence-corrected chi connectivity index (χ3v) is 3.19. The Morgan fingerprint density at radius 2 is 2.00 bits per heavy atom. The number of aryl methyl sites for hydroxylation is 2. The molecule has 0 bridgehead atoms. The SMILES string of the molecule is COc1cc(C)c(C)cc1C(C#N)c1ccncn1. The van der Waals surface area contributed by atoms with E-state index >= 15 is 0 Å². The van der Waals surface area contributed by atoms with Gasteiger partial charge in [-0.2, -0.15) is 5.26 Å². The highest BCUT2D eigenvalue weighted by atomic mass is 16.5. The van der Waals surface area contributed by atoms with Crippen LogP contribution in [-0.4, -0.2) is 17.1 Å². The lowest BCUT2D eigenvalue weighted by molar-refractivity contribution is 0.409. The molecule has 0 aliphatic rings. The van der Waals surface area contributed by atoms with Crippen LogP contribution in [0.15, 0.2) is 30.7 Å². The Balaban J connectivity index is 2.56. The lowest BCUT2D eigenvalue weighted by Crippen LogP contribution is -2.04. The van der Waals surface area contributed by atoms with Gasteiger partial charge in [0.05, 0.1) is 18.9 Å². The minimum atomic E-state index is -0.447. The number of benzene rings is 1.